The first kappa shape index (κ1) is 16.7. The highest BCUT2D eigenvalue weighted by molar-refractivity contribution is 5.94. The van der Waals surface area contributed by atoms with Gasteiger partial charge in [0.15, 0.2) is 0 Å². The SMILES string of the molecule is Cc1cc(C)cc(C(=O)N(C)CCc2nc(O)c(C)c(=O)[nH]2)c1. The number of amides is 1. The number of nitrogens with one attached hydrogen (secondary N) is 1. The van der Waals surface area contributed by atoms with Crippen LogP contribution in [0.15, 0.2) is 23.0 Å². The zero-order chi connectivity index (χ0) is 17.1. The molecule has 1 aromatic carbocycles. The highest BCUT2D eigenvalue weighted by Crippen LogP contribution is 2.11. The average molecular weight is 315 g/mol. The maximum absolute atomic E-state index is 12.4. The van der Waals surface area contributed by atoms with E-state index in [2.05, 4.69) is 9.97 Å². The van der Waals surface area contributed by atoms with Crippen LogP contribution < -0.4 is 5.56 Å². The highest BCUT2D eigenvalue weighted by Gasteiger charge is 2.13. The fourth-order valence-corrected chi connectivity index (χ4v) is 2.38. The molecule has 1 aromatic heterocycles. The van der Waals surface area contributed by atoms with Crippen LogP contribution in [0, 0.1) is 20.8 Å². The Hall–Kier alpha value is -2.63. The summed E-state index contributed by atoms with van der Waals surface area (Å²) in [5.74, 6) is 0.000641. The number of H-pyrrole nitrogens is 1. The van der Waals surface area contributed by atoms with Crippen LogP contribution in [0.3, 0.4) is 0 Å². The molecule has 0 fully saturated rings. The second kappa shape index (κ2) is 6.64. The minimum Gasteiger partial charge on any atom is -0.493 e. The molecule has 0 radical (unpaired) electrons. The molecule has 6 heteroatoms. The number of carbonyl (C=O) groups is 1. The number of benzene rings is 1. The van der Waals surface area contributed by atoms with Crippen LogP contribution in [-0.2, 0) is 6.42 Å². The van der Waals surface area contributed by atoms with Crippen molar-refractivity contribution in [2.45, 2.75) is 27.2 Å². The van der Waals surface area contributed by atoms with E-state index in [1.807, 2.05) is 32.0 Å². The van der Waals surface area contributed by atoms with Crippen molar-refractivity contribution in [2.75, 3.05) is 13.6 Å². The van der Waals surface area contributed by atoms with Crippen LogP contribution in [0.1, 0.15) is 32.9 Å². The fourth-order valence-electron chi connectivity index (χ4n) is 2.38. The summed E-state index contributed by atoms with van der Waals surface area (Å²) in [5.41, 5.74) is 2.54. The first-order chi connectivity index (χ1) is 10.8. The van der Waals surface area contributed by atoms with Crippen molar-refractivity contribution in [1.29, 1.82) is 0 Å². The number of carbonyl (C=O) groups excluding carboxylic acids is 1. The van der Waals surface area contributed by atoms with Gasteiger partial charge in [-0.1, -0.05) is 17.2 Å². The molecule has 6 nitrogen and oxygen atoms in total. The second-order valence-corrected chi connectivity index (χ2v) is 5.81. The summed E-state index contributed by atoms with van der Waals surface area (Å²) in [4.78, 5) is 32.1. The van der Waals surface area contributed by atoms with Gasteiger partial charge >= 0.3 is 0 Å². The molecule has 0 atom stereocenters. The van der Waals surface area contributed by atoms with Gasteiger partial charge in [0.2, 0.25) is 5.88 Å². The third-order valence-corrected chi connectivity index (χ3v) is 3.67. The number of aromatic hydroxyl groups is 1. The third-order valence-electron chi connectivity index (χ3n) is 3.67. The molecule has 0 aliphatic rings. The molecule has 0 spiro atoms. The molecule has 0 saturated carbocycles. The van der Waals surface area contributed by atoms with Crippen molar-refractivity contribution in [3.63, 3.8) is 0 Å². The van der Waals surface area contributed by atoms with E-state index < -0.39 is 0 Å². The smallest absolute Gasteiger partial charge is 0.257 e. The summed E-state index contributed by atoms with van der Waals surface area (Å²) in [6.07, 6.45) is 0.357. The van der Waals surface area contributed by atoms with Gasteiger partial charge in [-0.3, -0.25) is 9.59 Å². The van der Waals surface area contributed by atoms with Gasteiger partial charge in [0.25, 0.3) is 11.5 Å². The van der Waals surface area contributed by atoms with Crippen molar-refractivity contribution >= 4 is 5.91 Å². The molecular formula is C17H21N3O3. The third kappa shape index (κ3) is 3.97. The van der Waals surface area contributed by atoms with Crippen molar-refractivity contribution in [2.24, 2.45) is 0 Å². The van der Waals surface area contributed by atoms with Gasteiger partial charge in [-0.2, -0.15) is 0 Å². The molecule has 0 bridgehead atoms. The van der Waals surface area contributed by atoms with Crippen LogP contribution >= 0.6 is 0 Å². The molecule has 2 aromatic rings. The summed E-state index contributed by atoms with van der Waals surface area (Å²) in [6.45, 7) is 5.79. The lowest BCUT2D eigenvalue weighted by atomic mass is 10.1. The zero-order valence-electron chi connectivity index (χ0n) is 13.8. The lowest BCUT2D eigenvalue weighted by Crippen LogP contribution is -2.30. The zero-order valence-corrected chi connectivity index (χ0v) is 13.8. The molecule has 0 unspecified atom stereocenters. The van der Waals surface area contributed by atoms with E-state index in [1.165, 1.54) is 6.92 Å². The lowest BCUT2D eigenvalue weighted by molar-refractivity contribution is 0.0796. The topological polar surface area (TPSA) is 86.3 Å². The van der Waals surface area contributed by atoms with Crippen molar-refractivity contribution in [3.05, 3.63) is 56.6 Å². The maximum atomic E-state index is 12.4. The Balaban J connectivity index is 2.08. The van der Waals surface area contributed by atoms with Gasteiger partial charge in [-0.15, -0.1) is 0 Å². The van der Waals surface area contributed by atoms with Crippen LogP contribution in [0.25, 0.3) is 0 Å². The predicted octanol–water partition coefficient (Wildman–Crippen LogP) is 1.72. The summed E-state index contributed by atoms with van der Waals surface area (Å²) in [6, 6.07) is 5.72. The average Bonchev–Trinajstić information content (AvgIpc) is 2.48. The van der Waals surface area contributed by atoms with Crippen molar-refractivity contribution in [3.8, 4) is 5.88 Å². The maximum Gasteiger partial charge on any atom is 0.257 e. The molecule has 122 valence electrons. The van der Waals surface area contributed by atoms with Crippen LogP contribution in [-0.4, -0.2) is 39.5 Å². The molecule has 0 aliphatic heterocycles. The minimum atomic E-state index is -0.365. The Morgan fingerprint density at radius 1 is 1.22 bits per heavy atom. The summed E-state index contributed by atoms with van der Waals surface area (Å²) >= 11 is 0. The van der Waals surface area contributed by atoms with E-state index in [1.54, 1.807) is 11.9 Å². The van der Waals surface area contributed by atoms with E-state index in [-0.39, 0.29) is 22.9 Å². The molecular weight excluding hydrogens is 294 g/mol. The Morgan fingerprint density at radius 2 is 1.83 bits per heavy atom. The molecule has 1 heterocycles. The number of hydrogen-bond acceptors (Lipinski definition) is 4. The monoisotopic (exact) mass is 315 g/mol. The minimum absolute atomic E-state index is 0.0875. The number of hydrogen-bond donors (Lipinski definition) is 2. The van der Waals surface area contributed by atoms with Crippen LogP contribution in [0.5, 0.6) is 5.88 Å². The Kier molecular flexibility index (Phi) is 4.83. The molecule has 2 rings (SSSR count). The molecule has 0 saturated heterocycles. The normalized spacial score (nSPS) is 10.6. The van der Waals surface area contributed by atoms with E-state index in [9.17, 15) is 14.7 Å². The summed E-state index contributed by atoms with van der Waals surface area (Å²) in [5, 5.41) is 9.58. The van der Waals surface area contributed by atoms with Gasteiger partial charge < -0.3 is 15.0 Å². The van der Waals surface area contributed by atoms with Gasteiger partial charge in [0, 0.05) is 25.6 Å². The number of aryl methyl sites for hydroxylation is 2. The molecule has 23 heavy (non-hydrogen) atoms. The highest BCUT2D eigenvalue weighted by atomic mass is 16.3. The lowest BCUT2D eigenvalue weighted by Gasteiger charge is -2.17. The first-order valence-corrected chi connectivity index (χ1v) is 7.40. The number of aromatic nitrogens is 2. The number of likely N-dealkylation sites (N-methyl/N-ethyl adjacent to an activating group) is 1. The summed E-state index contributed by atoms with van der Waals surface area (Å²) < 4.78 is 0. The Labute approximate surface area is 134 Å². The second-order valence-electron chi connectivity index (χ2n) is 5.81. The van der Waals surface area contributed by atoms with E-state index in [0.717, 1.165) is 11.1 Å². The van der Waals surface area contributed by atoms with E-state index in [4.69, 9.17) is 0 Å². The van der Waals surface area contributed by atoms with E-state index >= 15 is 0 Å². The number of rotatable bonds is 4. The van der Waals surface area contributed by atoms with Gasteiger partial charge in [0.05, 0.1) is 5.56 Å². The van der Waals surface area contributed by atoms with Gasteiger partial charge in [0.1, 0.15) is 5.82 Å². The van der Waals surface area contributed by atoms with Crippen molar-refractivity contribution in [1.82, 2.24) is 14.9 Å². The van der Waals surface area contributed by atoms with Gasteiger partial charge in [-0.25, -0.2) is 4.98 Å². The predicted molar refractivity (Wildman–Crippen MR) is 87.8 cm³/mol. The largest absolute Gasteiger partial charge is 0.493 e. The quantitative estimate of drug-likeness (QED) is 0.899. The van der Waals surface area contributed by atoms with Crippen LogP contribution in [0.2, 0.25) is 0 Å². The standard InChI is InChI=1S/C17H21N3O3/c1-10-7-11(2)9-13(8-10)17(23)20(4)6-5-14-18-15(21)12(3)16(22)19-14/h7-9H,5-6H2,1-4H3,(H2,18,19,21,22). The number of nitrogens with zero attached hydrogens (tertiary/aromatic N) is 2. The van der Waals surface area contributed by atoms with Crippen LogP contribution in [0.4, 0.5) is 0 Å². The molecule has 2 N–H and O–H groups in total. The Bertz CT molecular complexity index is 776. The van der Waals surface area contributed by atoms with Crippen molar-refractivity contribution < 1.29 is 9.90 Å². The van der Waals surface area contributed by atoms with E-state index in [0.29, 0.717) is 24.4 Å². The first-order valence-electron chi connectivity index (χ1n) is 7.40. The Morgan fingerprint density at radius 3 is 2.39 bits per heavy atom. The summed E-state index contributed by atoms with van der Waals surface area (Å²) in [7, 11) is 1.70. The molecule has 1 amide bonds. The number of aromatic amines is 1. The molecule has 0 aliphatic carbocycles. The van der Waals surface area contributed by atoms with Gasteiger partial charge in [-0.05, 0) is 32.9 Å². The fraction of sp³-hybridized carbons (Fsp3) is 0.353.